The molecule has 2 aromatic rings. The number of rotatable bonds is 7. The van der Waals surface area contributed by atoms with Gasteiger partial charge < -0.3 is 11.1 Å². The average Bonchev–Trinajstić information content (AvgIpc) is 3.02. The Bertz CT molecular complexity index is 664. The van der Waals surface area contributed by atoms with Crippen LogP contribution in [0.15, 0.2) is 29.6 Å². The summed E-state index contributed by atoms with van der Waals surface area (Å²) in [5, 5.41) is 5.46. The summed E-state index contributed by atoms with van der Waals surface area (Å²) >= 11 is 1.41. The number of thiazole rings is 1. The predicted octanol–water partition coefficient (Wildman–Crippen LogP) is 3.22. The van der Waals surface area contributed by atoms with E-state index >= 15 is 0 Å². The standard InChI is InChI=1S/C17H24N4OS.2ClH/c1-12(2)21(3)10-14-7-5-4-6-13(14)9-19-17(22)15-11-23-16(8-18)20-15;;/h4-7,11-12H,8-10,18H2,1-3H3,(H,19,22);2*1H. The summed E-state index contributed by atoms with van der Waals surface area (Å²) in [6.07, 6.45) is 0. The number of hydrogen-bond acceptors (Lipinski definition) is 5. The number of nitrogens with zero attached hydrogens (tertiary/aromatic N) is 2. The van der Waals surface area contributed by atoms with E-state index in [1.54, 1.807) is 5.38 Å². The van der Waals surface area contributed by atoms with Gasteiger partial charge in [-0.2, -0.15) is 0 Å². The molecule has 140 valence electrons. The van der Waals surface area contributed by atoms with Gasteiger partial charge in [0.25, 0.3) is 5.91 Å². The Morgan fingerprint density at radius 2 is 1.92 bits per heavy atom. The van der Waals surface area contributed by atoms with Crippen LogP contribution in [0.5, 0.6) is 0 Å². The van der Waals surface area contributed by atoms with E-state index in [-0.39, 0.29) is 30.7 Å². The van der Waals surface area contributed by atoms with Gasteiger partial charge in [-0.1, -0.05) is 24.3 Å². The van der Waals surface area contributed by atoms with E-state index in [1.165, 1.54) is 16.9 Å². The van der Waals surface area contributed by atoms with Gasteiger partial charge in [0, 0.05) is 31.1 Å². The minimum absolute atomic E-state index is 0. The van der Waals surface area contributed by atoms with E-state index in [1.807, 2.05) is 12.1 Å². The van der Waals surface area contributed by atoms with Crippen molar-refractivity contribution in [2.24, 2.45) is 5.73 Å². The summed E-state index contributed by atoms with van der Waals surface area (Å²) in [6.45, 7) is 6.06. The van der Waals surface area contributed by atoms with Crippen molar-refractivity contribution in [3.8, 4) is 0 Å². The zero-order valence-corrected chi connectivity index (χ0v) is 17.1. The smallest absolute Gasteiger partial charge is 0.271 e. The van der Waals surface area contributed by atoms with E-state index in [0.29, 0.717) is 24.8 Å². The molecule has 5 nitrogen and oxygen atoms in total. The lowest BCUT2D eigenvalue weighted by Gasteiger charge is -2.22. The molecular formula is C17H26Cl2N4OS. The fraction of sp³-hybridized carbons (Fsp3) is 0.412. The fourth-order valence-corrected chi connectivity index (χ4v) is 2.77. The summed E-state index contributed by atoms with van der Waals surface area (Å²) in [7, 11) is 2.10. The van der Waals surface area contributed by atoms with Crippen LogP contribution in [0.1, 0.15) is 40.5 Å². The Morgan fingerprint density at radius 1 is 1.28 bits per heavy atom. The van der Waals surface area contributed by atoms with Crippen LogP contribution in [0, 0.1) is 0 Å². The van der Waals surface area contributed by atoms with Crippen LogP contribution in [-0.2, 0) is 19.6 Å². The van der Waals surface area contributed by atoms with Crippen molar-refractivity contribution in [1.29, 1.82) is 0 Å². The molecule has 8 heteroatoms. The van der Waals surface area contributed by atoms with Gasteiger partial charge in [-0.05, 0) is 32.0 Å². The van der Waals surface area contributed by atoms with Crippen LogP contribution in [0.4, 0.5) is 0 Å². The summed E-state index contributed by atoms with van der Waals surface area (Å²) in [4.78, 5) is 18.7. The molecular weight excluding hydrogens is 379 g/mol. The number of aromatic nitrogens is 1. The van der Waals surface area contributed by atoms with Crippen molar-refractivity contribution in [1.82, 2.24) is 15.2 Å². The molecule has 0 atom stereocenters. The highest BCUT2D eigenvalue weighted by molar-refractivity contribution is 7.09. The molecule has 0 saturated carbocycles. The molecule has 0 spiro atoms. The van der Waals surface area contributed by atoms with E-state index < -0.39 is 0 Å². The molecule has 0 unspecified atom stereocenters. The second kappa shape index (κ2) is 11.4. The highest BCUT2D eigenvalue weighted by Gasteiger charge is 2.12. The first-order chi connectivity index (χ1) is 11.0. The van der Waals surface area contributed by atoms with Gasteiger partial charge in [-0.25, -0.2) is 4.98 Å². The third-order valence-electron chi connectivity index (χ3n) is 3.82. The second-order valence-corrected chi connectivity index (χ2v) is 6.73. The third-order valence-corrected chi connectivity index (χ3v) is 4.69. The molecule has 0 fully saturated rings. The van der Waals surface area contributed by atoms with Gasteiger partial charge in [0.1, 0.15) is 10.7 Å². The van der Waals surface area contributed by atoms with Gasteiger partial charge in [0.05, 0.1) is 0 Å². The van der Waals surface area contributed by atoms with Crippen LogP contribution in [0.3, 0.4) is 0 Å². The van der Waals surface area contributed by atoms with Crippen LogP contribution in [-0.4, -0.2) is 28.9 Å². The van der Waals surface area contributed by atoms with E-state index in [2.05, 4.69) is 48.2 Å². The van der Waals surface area contributed by atoms with Gasteiger partial charge in [0.15, 0.2) is 0 Å². The lowest BCUT2D eigenvalue weighted by molar-refractivity contribution is 0.0946. The van der Waals surface area contributed by atoms with E-state index in [0.717, 1.165) is 17.1 Å². The van der Waals surface area contributed by atoms with Gasteiger partial charge >= 0.3 is 0 Å². The predicted molar refractivity (Wildman–Crippen MR) is 109 cm³/mol. The van der Waals surface area contributed by atoms with Gasteiger partial charge in [-0.15, -0.1) is 36.2 Å². The lowest BCUT2D eigenvalue weighted by Crippen LogP contribution is -2.27. The fourth-order valence-electron chi connectivity index (χ4n) is 2.11. The maximum atomic E-state index is 12.2. The molecule has 0 aliphatic heterocycles. The van der Waals surface area contributed by atoms with Crippen molar-refractivity contribution in [2.45, 2.75) is 39.5 Å². The Kier molecular flexibility index (Phi) is 10.9. The highest BCUT2D eigenvalue weighted by atomic mass is 35.5. The Labute approximate surface area is 165 Å². The maximum Gasteiger partial charge on any atom is 0.271 e. The number of carbonyl (C=O) groups excluding carboxylic acids is 1. The normalized spacial score (nSPS) is 10.3. The largest absolute Gasteiger partial charge is 0.347 e. The summed E-state index contributed by atoms with van der Waals surface area (Å²) in [6, 6.07) is 8.66. The van der Waals surface area contributed by atoms with Crippen molar-refractivity contribution in [2.75, 3.05) is 7.05 Å². The minimum Gasteiger partial charge on any atom is -0.347 e. The van der Waals surface area contributed by atoms with E-state index in [9.17, 15) is 4.79 Å². The first kappa shape index (κ1) is 23.8. The van der Waals surface area contributed by atoms with Crippen molar-refractivity contribution >= 4 is 42.1 Å². The van der Waals surface area contributed by atoms with Crippen molar-refractivity contribution < 1.29 is 4.79 Å². The molecule has 0 aliphatic carbocycles. The van der Waals surface area contributed by atoms with Crippen LogP contribution in [0.25, 0.3) is 0 Å². The molecule has 1 amide bonds. The molecule has 1 heterocycles. The summed E-state index contributed by atoms with van der Waals surface area (Å²) in [5.74, 6) is -0.159. The van der Waals surface area contributed by atoms with Crippen molar-refractivity contribution in [3.63, 3.8) is 0 Å². The number of halogens is 2. The van der Waals surface area contributed by atoms with Gasteiger partial charge in [-0.3, -0.25) is 9.69 Å². The maximum absolute atomic E-state index is 12.2. The SMILES string of the molecule is CC(C)N(C)Cc1ccccc1CNC(=O)c1csc(CN)n1.Cl.Cl. The molecule has 1 aromatic carbocycles. The van der Waals surface area contributed by atoms with Crippen LogP contribution < -0.4 is 11.1 Å². The minimum atomic E-state index is -0.159. The molecule has 0 aliphatic rings. The molecule has 0 radical (unpaired) electrons. The Hall–Kier alpha value is -1.18. The van der Waals surface area contributed by atoms with Crippen molar-refractivity contribution in [3.05, 3.63) is 51.5 Å². The van der Waals surface area contributed by atoms with E-state index in [4.69, 9.17) is 5.73 Å². The number of nitrogens with one attached hydrogen (secondary N) is 1. The molecule has 0 bridgehead atoms. The number of carbonyl (C=O) groups is 1. The number of amides is 1. The lowest BCUT2D eigenvalue weighted by atomic mass is 10.1. The molecule has 0 saturated heterocycles. The van der Waals surface area contributed by atoms with Crippen LogP contribution >= 0.6 is 36.2 Å². The summed E-state index contributed by atoms with van der Waals surface area (Å²) < 4.78 is 0. The Balaban J connectivity index is 0.00000288. The topological polar surface area (TPSA) is 71.2 Å². The first-order valence-corrected chi connectivity index (χ1v) is 8.59. The Morgan fingerprint density at radius 3 is 2.48 bits per heavy atom. The highest BCUT2D eigenvalue weighted by Crippen LogP contribution is 2.13. The first-order valence-electron chi connectivity index (χ1n) is 7.71. The third kappa shape index (κ3) is 6.92. The zero-order chi connectivity index (χ0) is 16.8. The number of hydrogen-bond donors (Lipinski definition) is 2. The number of benzene rings is 1. The van der Waals surface area contributed by atoms with Gasteiger partial charge in [0.2, 0.25) is 0 Å². The average molecular weight is 405 g/mol. The zero-order valence-electron chi connectivity index (χ0n) is 14.7. The number of nitrogens with two attached hydrogens (primary N) is 1. The molecule has 2 rings (SSSR count). The summed E-state index contributed by atoms with van der Waals surface area (Å²) in [5.41, 5.74) is 8.32. The quantitative estimate of drug-likeness (QED) is 0.742. The molecule has 25 heavy (non-hydrogen) atoms. The van der Waals surface area contributed by atoms with Crippen LogP contribution in [0.2, 0.25) is 0 Å². The monoisotopic (exact) mass is 404 g/mol. The second-order valence-electron chi connectivity index (χ2n) is 5.79. The molecule has 1 aromatic heterocycles. The molecule has 3 N–H and O–H groups in total.